The van der Waals surface area contributed by atoms with E-state index in [4.69, 9.17) is 10.5 Å². The molecule has 0 bridgehead atoms. The molecule has 1 heterocycles. The van der Waals surface area contributed by atoms with Crippen molar-refractivity contribution in [1.82, 2.24) is 9.97 Å². The van der Waals surface area contributed by atoms with E-state index in [0.717, 1.165) is 16.8 Å². The Hall–Kier alpha value is -2.67. The summed E-state index contributed by atoms with van der Waals surface area (Å²) in [6.45, 7) is 5.52. The molecule has 0 fully saturated rings. The number of carbonyl (C=O) groups excluding carboxylic acids is 1. The van der Waals surface area contributed by atoms with Crippen LogP contribution in [-0.2, 0) is 11.2 Å². The van der Waals surface area contributed by atoms with E-state index in [1.165, 1.54) is 6.92 Å². The summed E-state index contributed by atoms with van der Waals surface area (Å²) in [5, 5.41) is 12.9. The van der Waals surface area contributed by atoms with Gasteiger partial charge in [-0.05, 0) is 31.0 Å². The maximum Gasteiger partial charge on any atom is 0.308 e. The smallest absolute Gasteiger partial charge is 0.308 e. The highest BCUT2D eigenvalue weighted by molar-refractivity contribution is 5.69. The standard InChI is InChI=1S/C18H24N4O3/c1-4-14(24)10-20-17-16(11(2)21-18(19)22-17)9-13-6-5-7-15(8-13)25-12(3)23/h5-8,14,24H,4,9-10H2,1-3H3,(H3,19,20,21,22)/t14-/m0/s1. The maximum atomic E-state index is 11.1. The van der Waals surface area contributed by atoms with Gasteiger partial charge >= 0.3 is 5.97 Å². The average molecular weight is 344 g/mol. The highest BCUT2D eigenvalue weighted by atomic mass is 16.5. The number of hydrogen-bond acceptors (Lipinski definition) is 7. The Balaban J connectivity index is 2.27. The minimum absolute atomic E-state index is 0.184. The largest absolute Gasteiger partial charge is 0.427 e. The molecule has 0 saturated heterocycles. The predicted molar refractivity (Wildman–Crippen MR) is 96.5 cm³/mol. The van der Waals surface area contributed by atoms with E-state index in [2.05, 4.69) is 15.3 Å². The Kier molecular flexibility index (Phi) is 6.30. The number of aromatic nitrogens is 2. The van der Waals surface area contributed by atoms with Gasteiger partial charge in [0.05, 0.1) is 6.10 Å². The summed E-state index contributed by atoms with van der Waals surface area (Å²) in [6, 6.07) is 7.30. The molecule has 25 heavy (non-hydrogen) atoms. The number of benzene rings is 1. The van der Waals surface area contributed by atoms with Crippen LogP contribution in [0.25, 0.3) is 0 Å². The molecule has 1 atom stereocenters. The number of nitrogens with one attached hydrogen (secondary N) is 1. The van der Waals surface area contributed by atoms with E-state index in [0.29, 0.717) is 31.0 Å². The Labute approximate surface area is 147 Å². The van der Waals surface area contributed by atoms with Crippen LogP contribution in [0.15, 0.2) is 24.3 Å². The lowest BCUT2D eigenvalue weighted by atomic mass is 10.0. The molecule has 1 aromatic heterocycles. The number of rotatable bonds is 7. The number of ether oxygens (including phenoxy) is 1. The van der Waals surface area contributed by atoms with E-state index in [-0.39, 0.29) is 11.9 Å². The topological polar surface area (TPSA) is 110 Å². The number of aliphatic hydroxyl groups excluding tert-OH is 1. The van der Waals surface area contributed by atoms with Crippen molar-refractivity contribution in [3.05, 3.63) is 41.1 Å². The minimum Gasteiger partial charge on any atom is -0.427 e. The lowest BCUT2D eigenvalue weighted by Gasteiger charge is -2.16. The number of anilines is 2. The van der Waals surface area contributed by atoms with Crippen LogP contribution in [-0.4, -0.2) is 33.7 Å². The second-order valence-electron chi connectivity index (χ2n) is 5.86. The van der Waals surface area contributed by atoms with Gasteiger partial charge in [0, 0.05) is 31.1 Å². The molecule has 2 aromatic rings. The lowest BCUT2D eigenvalue weighted by molar-refractivity contribution is -0.131. The molecule has 1 aromatic carbocycles. The molecule has 0 aliphatic rings. The third kappa shape index (κ3) is 5.42. The number of nitrogen functional groups attached to an aromatic ring is 1. The minimum atomic E-state index is -0.461. The van der Waals surface area contributed by atoms with Gasteiger partial charge < -0.3 is 20.9 Å². The molecule has 2 rings (SSSR count). The Morgan fingerprint density at radius 2 is 2.16 bits per heavy atom. The molecule has 0 spiro atoms. The first-order valence-corrected chi connectivity index (χ1v) is 8.21. The highest BCUT2D eigenvalue weighted by Crippen LogP contribution is 2.23. The summed E-state index contributed by atoms with van der Waals surface area (Å²) in [6.07, 6.45) is 0.731. The Morgan fingerprint density at radius 1 is 1.40 bits per heavy atom. The van der Waals surface area contributed by atoms with Crippen molar-refractivity contribution in [3.8, 4) is 5.75 Å². The first-order chi connectivity index (χ1) is 11.9. The fourth-order valence-electron chi connectivity index (χ4n) is 2.42. The van der Waals surface area contributed by atoms with Crippen LogP contribution in [0.2, 0.25) is 0 Å². The van der Waals surface area contributed by atoms with E-state index < -0.39 is 6.10 Å². The van der Waals surface area contributed by atoms with Gasteiger partial charge in [-0.3, -0.25) is 4.79 Å². The van der Waals surface area contributed by atoms with Crippen LogP contribution in [0.3, 0.4) is 0 Å². The number of esters is 1. The predicted octanol–water partition coefficient (Wildman–Crippen LogP) is 2.07. The molecule has 0 aliphatic heterocycles. The molecular weight excluding hydrogens is 320 g/mol. The van der Waals surface area contributed by atoms with E-state index >= 15 is 0 Å². The number of nitrogens with two attached hydrogens (primary N) is 1. The SMILES string of the molecule is CC[C@H](O)CNc1nc(N)nc(C)c1Cc1cccc(OC(C)=O)c1. The second kappa shape index (κ2) is 8.43. The first-order valence-electron chi connectivity index (χ1n) is 8.21. The fourth-order valence-corrected chi connectivity index (χ4v) is 2.42. The number of carbonyl (C=O) groups is 1. The molecule has 0 amide bonds. The van der Waals surface area contributed by atoms with Crippen LogP contribution in [0, 0.1) is 6.92 Å². The van der Waals surface area contributed by atoms with Gasteiger partial charge in [-0.15, -0.1) is 0 Å². The van der Waals surface area contributed by atoms with Crippen molar-refractivity contribution in [2.75, 3.05) is 17.6 Å². The molecule has 7 nitrogen and oxygen atoms in total. The number of hydrogen-bond donors (Lipinski definition) is 3. The first kappa shape index (κ1) is 18.7. The summed E-state index contributed by atoms with van der Waals surface area (Å²) in [7, 11) is 0. The quantitative estimate of drug-likeness (QED) is 0.521. The highest BCUT2D eigenvalue weighted by Gasteiger charge is 2.13. The number of aliphatic hydroxyl groups is 1. The van der Waals surface area contributed by atoms with Crippen LogP contribution in [0.1, 0.15) is 37.1 Å². The van der Waals surface area contributed by atoms with Crippen molar-refractivity contribution in [2.24, 2.45) is 0 Å². The normalized spacial score (nSPS) is 11.8. The van der Waals surface area contributed by atoms with Gasteiger partial charge in [0.1, 0.15) is 11.6 Å². The maximum absolute atomic E-state index is 11.1. The van der Waals surface area contributed by atoms with Gasteiger partial charge in [-0.2, -0.15) is 4.98 Å². The molecule has 0 saturated carbocycles. The summed E-state index contributed by atoms with van der Waals surface area (Å²) >= 11 is 0. The van der Waals surface area contributed by atoms with Crippen LogP contribution < -0.4 is 15.8 Å². The third-order valence-corrected chi connectivity index (χ3v) is 3.75. The van der Waals surface area contributed by atoms with Gasteiger partial charge in [0.15, 0.2) is 0 Å². The zero-order chi connectivity index (χ0) is 18.4. The molecule has 0 radical (unpaired) electrons. The summed E-state index contributed by atoms with van der Waals surface area (Å²) in [5.74, 6) is 0.925. The summed E-state index contributed by atoms with van der Waals surface area (Å²) in [5.41, 5.74) is 8.36. The molecule has 0 unspecified atom stereocenters. The zero-order valence-electron chi connectivity index (χ0n) is 14.7. The lowest BCUT2D eigenvalue weighted by Crippen LogP contribution is -2.20. The monoisotopic (exact) mass is 344 g/mol. The van der Waals surface area contributed by atoms with Crippen LogP contribution >= 0.6 is 0 Å². The van der Waals surface area contributed by atoms with Crippen molar-refractivity contribution in [3.63, 3.8) is 0 Å². The number of aryl methyl sites for hydroxylation is 1. The molecule has 0 aliphatic carbocycles. The zero-order valence-corrected chi connectivity index (χ0v) is 14.7. The third-order valence-electron chi connectivity index (χ3n) is 3.75. The van der Waals surface area contributed by atoms with E-state index in [1.54, 1.807) is 6.07 Å². The van der Waals surface area contributed by atoms with Crippen molar-refractivity contribution in [1.29, 1.82) is 0 Å². The summed E-state index contributed by atoms with van der Waals surface area (Å²) in [4.78, 5) is 19.6. The molecular formula is C18H24N4O3. The van der Waals surface area contributed by atoms with Crippen LogP contribution in [0.5, 0.6) is 5.75 Å². The fraction of sp³-hybridized carbons (Fsp3) is 0.389. The van der Waals surface area contributed by atoms with Crippen molar-refractivity contribution in [2.45, 2.75) is 39.7 Å². The van der Waals surface area contributed by atoms with Crippen LogP contribution in [0.4, 0.5) is 11.8 Å². The summed E-state index contributed by atoms with van der Waals surface area (Å²) < 4.78 is 5.13. The van der Waals surface area contributed by atoms with E-state index in [9.17, 15) is 9.90 Å². The molecule has 134 valence electrons. The Morgan fingerprint density at radius 3 is 2.84 bits per heavy atom. The number of nitrogens with zero attached hydrogens (tertiary/aromatic N) is 2. The molecule has 4 N–H and O–H groups in total. The average Bonchev–Trinajstić information content (AvgIpc) is 2.55. The van der Waals surface area contributed by atoms with Gasteiger partial charge in [0.25, 0.3) is 0 Å². The van der Waals surface area contributed by atoms with Gasteiger partial charge in [0.2, 0.25) is 5.95 Å². The van der Waals surface area contributed by atoms with E-state index in [1.807, 2.05) is 32.0 Å². The van der Waals surface area contributed by atoms with Gasteiger partial charge in [-0.1, -0.05) is 19.1 Å². The second-order valence-corrected chi connectivity index (χ2v) is 5.86. The molecule has 7 heteroatoms. The van der Waals surface area contributed by atoms with Crippen molar-refractivity contribution >= 4 is 17.7 Å². The Bertz CT molecular complexity index is 749. The van der Waals surface area contributed by atoms with Gasteiger partial charge in [-0.25, -0.2) is 4.98 Å². The van der Waals surface area contributed by atoms with Crippen molar-refractivity contribution < 1.29 is 14.6 Å².